The third kappa shape index (κ3) is 3.28. The predicted octanol–water partition coefficient (Wildman–Crippen LogP) is 3.32. The zero-order chi connectivity index (χ0) is 17.3. The van der Waals surface area contributed by atoms with Gasteiger partial charge in [-0.15, -0.1) is 0 Å². The molecule has 0 aliphatic carbocycles. The highest BCUT2D eigenvalue weighted by Gasteiger charge is 2.39. The average Bonchev–Trinajstić information content (AvgIpc) is 2.53. The largest absolute Gasteiger partial charge is 0.322 e. The maximum absolute atomic E-state index is 12.6. The molecular weight excluding hydrogens is 324 g/mol. The number of hydrogen-bond donors (Lipinski definition) is 1. The lowest BCUT2D eigenvalue weighted by Gasteiger charge is -2.46. The molecule has 2 amide bonds. The summed E-state index contributed by atoms with van der Waals surface area (Å²) in [5.74, 6) is 0.389. The number of nitrogens with one attached hydrogen (secondary N) is 1. The van der Waals surface area contributed by atoms with Crippen molar-refractivity contribution in [2.24, 2.45) is 5.92 Å². The molecule has 1 fully saturated rings. The number of rotatable bonds is 3. The van der Waals surface area contributed by atoms with Gasteiger partial charge in [0, 0.05) is 18.5 Å². The fourth-order valence-corrected chi connectivity index (χ4v) is 3.73. The van der Waals surface area contributed by atoms with E-state index in [4.69, 9.17) is 0 Å². The predicted molar refractivity (Wildman–Crippen MR) is 93.6 cm³/mol. The second-order valence-corrected chi connectivity index (χ2v) is 8.23. The highest BCUT2D eigenvalue weighted by Crippen LogP contribution is 2.38. The number of anilines is 1. The number of hydrogen-bond acceptors (Lipinski definition) is 3. The van der Waals surface area contributed by atoms with Crippen LogP contribution in [0.2, 0.25) is 0 Å². The molecular formula is C18H20N2O3S. The van der Waals surface area contributed by atoms with Gasteiger partial charge < -0.3 is 10.2 Å². The topological polar surface area (TPSA) is 66.5 Å². The van der Waals surface area contributed by atoms with Gasteiger partial charge in [0.1, 0.15) is 0 Å². The number of carbonyl (C=O) groups excluding carboxylic acids is 1. The summed E-state index contributed by atoms with van der Waals surface area (Å²) < 4.78 is 23.3. The standard InChI is InChI=1S/C18H20N2O3S/c1-13-12-20(17(13)14-7-4-3-5-8-14)18(21)19-15-9-6-10-16(11-15)24(2,22)23/h3-11,13,17H,12H2,1-2H3,(H,19,21)/t13-,17-/m0/s1. The molecule has 1 N–H and O–H groups in total. The van der Waals surface area contributed by atoms with E-state index in [0.717, 1.165) is 11.8 Å². The van der Waals surface area contributed by atoms with Gasteiger partial charge in [0.2, 0.25) is 0 Å². The van der Waals surface area contributed by atoms with Crippen molar-refractivity contribution in [2.45, 2.75) is 17.9 Å². The lowest BCUT2D eigenvalue weighted by atomic mass is 9.85. The van der Waals surface area contributed by atoms with E-state index < -0.39 is 9.84 Å². The van der Waals surface area contributed by atoms with Crippen LogP contribution in [0.3, 0.4) is 0 Å². The van der Waals surface area contributed by atoms with E-state index in [2.05, 4.69) is 12.2 Å². The van der Waals surface area contributed by atoms with E-state index in [-0.39, 0.29) is 17.0 Å². The van der Waals surface area contributed by atoms with Crippen LogP contribution in [0.4, 0.5) is 10.5 Å². The van der Waals surface area contributed by atoms with Gasteiger partial charge in [-0.05, 0) is 29.7 Å². The molecule has 0 spiro atoms. The molecule has 0 saturated carbocycles. The Balaban J connectivity index is 1.76. The number of likely N-dealkylation sites (tertiary alicyclic amines) is 1. The molecule has 0 unspecified atom stereocenters. The van der Waals surface area contributed by atoms with Gasteiger partial charge in [0.05, 0.1) is 10.9 Å². The second kappa shape index (κ2) is 6.28. The Bertz CT molecular complexity index is 850. The minimum absolute atomic E-state index is 0.0456. The number of urea groups is 1. The highest BCUT2D eigenvalue weighted by atomic mass is 32.2. The molecule has 1 saturated heterocycles. The summed E-state index contributed by atoms with van der Waals surface area (Å²) in [6, 6.07) is 16.1. The Morgan fingerprint density at radius 1 is 1.12 bits per heavy atom. The lowest BCUT2D eigenvalue weighted by Crippen LogP contribution is -2.53. The summed E-state index contributed by atoms with van der Waals surface area (Å²) in [5.41, 5.74) is 1.59. The zero-order valence-corrected chi connectivity index (χ0v) is 14.5. The molecule has 5 nitrogen and oxygen atoms in total. The van der Waals surface area contributed by atoms with Crippen LogP contribution in [0.25, 0.3) is 0 Å². The summed E-state index contributed by atoms with van der Waals surface area (Å²) in [4.78, 5) is 14.5. The van der Waals surface area contributed by atoms with Gasteiger partial charge in [-0.2, -0.15) is 0 Å². The number of carbonyl (C=O) groups is 1. The molecule has 1 aliphatic heterocycles. The third-order valence-electron chi connectivity index (χ3n) is 4.27. The molecule has 1 heterocycles. The summed E-state index contributed by atoms with van der Waals surface area (Å²) in [6.07, 6.45) is 1.15. The molecule has 3 rings (SSSR count). The fraction of sp³-hybridized carbons (Fsp3) is 0.278. The van der Waals surface area contributed by atoms with Crippen molar-refractivity contribution in [3.05, 3.63) is 60.2 Å². The van der Waals surface area contributed by atoms with Gasteiger partial charge in [-0.1, -0.05) is 43.3 Å². The monoisotopic (exact) mass is 344 g/mol. The molecule has 1 aliphatic rings. The normalized spacial score (nSPS) is 20.3. The Morgan fingerprint density at radius 3 is 2.46 bits per heavy atom. The number of sulfone groups is 1. The van der Waals surface area contributed by atoms with E-state index >= 15 is 0 Å². The first-order valence-electron chi connectivity index (χ1n) is 7.79. The molecule has 126 valence electrons. The Hall–Kier alpha value is -2.34. The summed E-state index contributed by atoms with van der Waals surface area (Å²) in [5, 5.41) is 2.80. The van der Waals surface area contributed by atoms with Gasteiger partial charge >= 0.3 is 6.03 Å². The van der Waals surface area contributed by atoms with Crippen molar-refractivity contribution in [3.63, 3.8) is 0 Å². The van der Waals surface area contributed by atoms with Crippen LogP contribution >= 0.6 is 0 Å². The van der Waals surface area contributed by atoms with Crippen LogP contribution in [-0.2, 0) is 9.84 Å². The Kier molecular flexibility index (Phi) is 4.32. The Morgan fingerprint density at radius 2 is 1.83 bits per heavy atom. The van der Waals surface area contributed by atoms with Crippen molar-refractivity contribution in [1.82, 2.24) is 4.90 Å². The average molecular weight is 344 g/mol. The van der Waals surface area contributed by atoms with E-state index in [1.165, 1.54) is 12.1 Å². The SMILES string of the molecule is C[C@H]1CN(C(=O)Nc2cccc(S(C)(=O)=O)c2)[C@@H]1c1ccccc1. The van der Waals surface area contributed by atoms with Gasteiger partial charge in [0.25, 0.3) is 0 Å². The van der Waals surface area contributed by atoms with Gasteiger partial charge in [0.15, 0.2) is 9.84 Å². The highest BCUT2D eigenvalue weighted by molar-refractivity contribution is 7.90. The van der Waals surface area contributed by atoms with Crippen molar-refractivity contribution in [1.29, 1.82) is 0 Å². The molecule has 0 aromatic heterocycles. The minimum atomic E-state index is -3.30. The smallest absolute Gasteiger partial charge is 0.317 e. The van der Waals surface area contributed by atoms with E-state index in [1.807, 2.05) is 30.3 Å². The summed E-state index contributed by atoms with van der Waals surface area (Å²) in [7, 11) is -3.30. The summed E-state index contributed by atoms with van der Waals surface area (Å²) in [6.45, 7) is 2.79. The van der Waals surface area contributed by atoms with Crippen molar-refractivity contribution in [2.75, 3.05) is 18.1 Å². The maximum Gasteiger partial charge on any atom is 0.322 e. The number of benzene rings is 2. The number of nitrogens with zero attached hydrogens (tertiary/aromatic N) is 1. The molecule has 0 radical (unpaired) electrons. The van der Waals surface area contributed by atoms with Crippen molar-refractivity contribution >= 4 is 21.6 Å². The second-order valence-electron chi connectivity index (χ2n) is 6.22. The molecule has 0 bridgehead atoms. The minimum Gasteiger partial charge on any atom is -0.317 e. The maximum atomic E-state index is 12.6. The number of amides is 2. The molecule has 2 aromatic carbocycles. The van der Waals surface area contributed by atoms with Crippen LogP contribution in [0, 0.1) is 5.92 Å². The summed E-state index contributed by atoms with van der Waals surface area (Å²) >= 11 is 0. The van der Waals surface area contributed by atoms with E-state index in [1.54, 1.807) is 17.0 Å². The van der Waals surface area contributed by atoms with E-state index in [9.17, 15) is 13.2 Å². The van der Waals surface area contributed by atoms with Crippen LogP contribution in [0.1, 0.15) is 18.5 Å². The first-order valence-corrected chi connectivity index (χ1v) is 9.68. The fourth-order valence-electron chi connectivity index (χ4n) is 3.06. The van der Waals surface area contributed by atoms with Gasteiger partial charge in [-0.3, -0.25) is 0 Å². The molecule has 2 aromatic rings. The van der Waals surface area contributed by atoms with E-state index in [0.29, 0.717) is 18.2 Å². The third-order valence-corrected chi connectivity index (χ3v) is 5.39. The van der Waals surface area contributed by atoms with Crippen molar-refractivity contribution < 1.29 is 13.2 Å². The van der Waals surface area contributed by atoms with Crippen LogP contribution in [-0.4, -0.2) is 32.1 Å². The van der Waals surface area contributed by atoms with Crippen LogP contribution in [0.15, 0.2) is 59.5 Å². The first-order chi connectivity index (χ1) is 11.4. The van der Waals surface area contributed by atoms with Crippen LogP contribution in [0.5, 0.6) is 0 Å². The van der Waals surface area contributed by atoms with Crippen LogP contribution < -0.4 is 5.32 Å². The van der Waals surface area contributed by atoms with Gasteiger partial charge in [-0.25, -0.2) is 13.2 Å². The quantitative estimate of drug-likeness (QED) is 0.929. The molecule has 24 heavy (non-hydrogen) atoms. The molecule has 2 atom stereocenters. The Labute approximate surface area is 142 Å². The lowest BCUT2D eigenvalue weighted by molar-refractivity contribution is 0.0671. The zero-order valence-electron chi connectivity index (χ0n) is 13.6. The molecule has 6 heteroatoms. The van der Waals surface area contributed by atoms with Crippen molar-refractivity contribution in [3.8, 4) is 0 Å². The first kappa shape index (κ1) is 16.5.